The van der Waals surface area contributed by atoms with Crippen molar-refractivity contribution < 1.29 is 17.9 Å². The fourth-order valence-corrected chi connectivity index (χ4v) is 2.86. The summed E-state index contributed by atoms with van der Waals surface area (Å²) in [5.74, 6) is -0.154. The number of sulfonamides is 1. The van der Waals surface area contributed by atoms with Gasteiger partial charge in [-0.2, -0.15) is 0 Å². The van der Waals surface area contributed by atoms with Gasteiger partial charge in [0, 0.05) is 32.9 Å². The molecule has 0 amide bonds. The van der Waals surface area contributed by atoms with Crippen LogP contribution in [0.3, 0.4) is 0 Å². The summed E-state index contributed by atoms with van der Waals surface area (Å²) >= 11 is 0. The molecular formula is C13H19NO4S. The van der Waals surface area contributed by atoms with E-state index in [1.807, 2.05) is 0 Å². The second-order valence-electron chi connectivity index (χ2n) is 4.26. The van der Waals surface area contributed by atoms with Gasteiger partial charge in [-0.25, -0.2) is 12.7 Å². The molecule has 106 valence electrons. The fraction of sp³-hybridized carbons (Fsp3) is 0.462. The Hall–Kier alpha value is -1.24. The number of rotatable bonds is 7. The number of Topliss-reactive ketones (excluding diaryl/α,β-unsaturated/α-hetero) is 1. The van der Waals surface area contributed by atoms with E-state index in [9.17, 15) is 13.2 Å². The van der Waals surface area contributed by atoms with Crippen LogP contribution < -0.4 is 0 Å². The molecule has 0 unspecified atom stereocenters. The third kappa shape index (κ3) is 4.12. The van der Waals surface area contributed by atoms with Gasteiger partial charge in [-0.1, -0.05) is 12.1 Å². The number of methoxy groups -OCH3 is 1. The molecule has 0 spiro atoms. The molecule has 0 aliphatic carbocycles. The molecule has 6 heteroatoms. The number of ketones is 1. The van der Waals surface area contributed by atoms with Crippen LogP contribution in [-0.2, 0) is 14.8 Å². The third-order valence-electron chi connectivity index (χ3n) is 2.77. The van der Waals surface area contributed by atoms with Crippen LogP contribution in [0, 0.1) is 0 Å². The molecule has 0 fully saturated rings. The van der Waals surface area contributed by atoms with Gasteiger partial charge in [0.2, 0.25) is 10.0 Å². The smallest absolute Gasteiger partial charge is 0.242 e. The van der Waals surface area contributed by atoms with Gasteiger partial charge in [0.25, 0.3) is 0 Å². The average molecular weight is 285 g/mol. The number of benzene rings is 1. The summed E-state index contributed by atoms with van der Waals surface area (Å²) in [7, 11) is -0.456. The van der Waals surface area contributed by atoms with E-state index in [0.717, 1.165) is 0 Å². The van der Waals surface area contributed by atoms with Crippen LogP contribution in [-0.4, -0.2) is 45.8 Å². The quantitative estimate of drug-likeness (QED) is 0.563. The van der Waals surface area contributed by atoms with E-state index in [2.05, 4.69) is 0 Å². The number of ether oxygens (including phenoxy) is 1. The van der Waals surface area contributed by atoms with Crippen molar-refractivity contribution in [1.29, 1.82) is 0 Å². The first-order chi connectivity index (χ1) is 8.89. The van der Waals surface area contributed by atoms with Gasteiger partial charge < -0.3 is 4.74 Å². The molecule has 0 aromatic heterocycles. The van der Waals surface area contributed by atoms with Crippen LogP contribution in [0.1, 0.15) is 23.7 Å². The van der Waals surface area contributed by atoms with E-state index < -0.39 is 10.0 Å². The summed E-state index contributed by atoms with van der Waals surface area (Å²) in [6.45, 7) is 2.29. The lowest BCUT2D eigenvalue weighted by Gasteiger charge is -2.17. The van der Waals surface area contributed by atoms with Crippen molar-refractivity contribution >= 4 is 15.8 Å². The summed E-state index contributed by atoms with van der Waals surface area (Å²) in [5.41, 5.74) is 0.395. The lowest BCUT2D eigenvalue weighted by atomic mass is 10.2. The zero-order valence-corrected chi connectivity index (χ0v) is 12.2. The molecule has 19 heavy (non-hydrogen) atoms. The molecule has 0 bridgehead atoms. The predicted molar refractivity (Wildman–Crippen MR) is 72.8 cm³/mol. The zero-order valence-electron chi connectivity index (χ0n) is 11.4. The first-order valence-electron chi connectivity index (χ1n) is 5.96. The van der Waals surface area contributed by atoms with Crippen molar-refractivity contribution in [2.24, 2.45) is 0 Å². The fourth-order valence-electron chi connectivity index (χ4n) is 1.61. The van der Waals surface area contributed by atoms with Crippen LogP contribution in [0.4, 0.5) is 0 Å². The van der Waals surface area contributed by atoms with Gasteiger partial charge in [-0.15, -0.1) is 0 Å². The van der Waals surface area contributed by atoms with Crippen LogP contribution in [0.15, 0.2) is 29.2 Å². The highest BCUT2D eigenvalue weighted by Crippen LogP contribution is 2.16. The Bertz CT molecular complexity index is 539. The Balaban J connectivity index is 2.93. The Labute approximate surface area is 114 Å². The van der Waals surface area contributed by atoms with Crippen LogP contribution in [0.2, 0.25) is 0 Å². The Morgan fingerprint density at radius 2 is 2.05 bits per heavy atom. The molecule has 0 radical (unpaired) electrons. The van der Waals surface area contributed by atoms with Crippen molar-refractivity contribution in [3.63, 3.8) is 0 Å². The minimum Gasteiger partial charge on any atom is -0.385 e. The maximum absolute atomic E-state index is 12.3. The lowest BCUT2D eigenvalue weighted by Crippen LogP contribution is -2.28. The number of hydrogen-bond acceptors (Lipinski definition) is 4. The van der Waals surface area contributed by atoms with Gasteiger partial charge in [0.05, 0.1) is 4.90 Å². The summed E-state index contributed by atoms with van der Waals surface area (Å²) in [6.07, 6.45) is 0.624. The number of carbonyl (C=O) groups is 1. The maximum atomic E-state index is 12.3. The van der Waals surface area contributed by atoms with E-state index in [1.54, 1.807) is 19.2 Å². The highest BCUT2D eigenvalue weighted by molar-refractivity contribution is 7.89. The zero-order chi connectivity index (χ0) is 14.5. The second-order valence-corrected chi connectivity index (χ2v) is 6.30. The maximum Gasteiger partial charge on any atom is 0.242 e. The molecule has 0 aliphatic rings. The van der Waals surface area contributed by atoms with Crippen molar-refractivity contribution in [2.45, 2.75) is 18.2 Å². The summed E-state index contributed by atoms with van der Waals surface area (Å²) in [5, 5.41) is 0. The van der Waals surface area contributed by atoms with E-state index in [0.29, 0.717) is 25.1 Å². The summed E-state index contributed by atoms with van der Waals surface area (Å²) in [6, 6.07) is 6.08. The topological polar surface area (TPSA) is 63.7 Å². The Kier molecular flexibility index (Phi) is 5.65. The average Bonchev–Trinajstić information content (AvgIpc) is 2.39. The first kappa shape index (κ1) is 15.8. The molecule has 0 aliphatic heterocycles. The normalized spacial score (nSPS) is 11.8. The van der Waals surface area contributed by atoms with E-state index in [-0.39, 0.29) is 10.7 Å². The van der Waals surface area contributed by atoms with Gasteiger partial charge in [-0.3, -0.25) is 4.79 Å². The van der Waals surface area contributed by atoms with Crippen molar-refractivity contribution in [1.82, 2.24) is 4.31 Å². The van der Waals surface area contributed by atoms with Crippen molar-refractivity contribution in [2.75, 3.05) is 27.3 Å². The third-order valence-corrected chi connectivity index (χ3v) is 4.62. The molecular weight excluding hydrogens is 266 g/mol. The molecule has 0 saturated carbocycles. The van der Waals surface area contributed by atoms with E-state index in [4.69, 9.17) is 4.74 Å². The van der Waals surface area contributed by atoms with Crippen LogP contribution in [0.5, 0.6) is 0 Å². The van der Waals surface area contributed by atoms with Crippen LogP contribution >= 0.6 is 0 Å². The summed E-state index contributed by atoms with van der Waals surface area (Å²) < 4.78 is 30.7. The minimum absolute atomic E-state index is 0.139. The number of hydrogen-bond donors (Lipinski definition) is 0. The SMILES string of the molecule is COCCCN(C)S(=O)(=O)c1cccc(C(C)=O)c1. The molecule has 0 heterocycles. The predicted octanol–water partition coefficient (Wildman–Crippen LogP) is 1.55. The van der Waals surface area contributed by atoms with Crippen molar-refractivity contribution in [3.8, 4) is 0 Å². The minimum atomic E-state index is -3.55. The van der Waals surface area contributed by atoms with Gasteiger partial charge >= 0.3 is 0 Å². The largest absolute Gasteiger partial charge is 0.385 e. The van der Waals surface area contributed by atoms with E-state index >= 15 is 0 Å². The van der Waals surface area contributed by atoms with Gasteiger partial charge in [0.15, 0.2) is 5.78 Å². The molecule has 1 rings (SSSR count). The Morgan fingerprint density at radius 3 is 2.63 bits per heavy atom. The lowest BCUT2D eigenvalue weighted by molar-refractivity contribution is 0.101. The second kappa shape index (κ2) is 6.79. The highest BCUT2D eigenvalue weighted by Gasteiger charge is 2.20. The molecule has 1 aromatic carbocycles. The molecule has 0 N–H and O–H groups in total. The van der Waals surface area contributed by atoms with Crippen molar-refractivity contribution in [3.05, 3.63) is 29.8 Å². The number of carbonyl (C=O) groups excluding carboxylic acids is 1. The molecule has 0 saturated heterocycles. The molecule has 0 atom stereocenters. The van der Waals surface area contributed by atoms with Gasteiger partial charge in [0.1, 0.15) is 0 Å². The monoisotopic (exact) mass is 285 g/mol. The highest BCUT2D eigenvalue weighted by atomic mass is 32.2. The van der Waals surface area contributed by atoms with Gasteiger partial charge in [-0.05, 0) is 25.5 Å². The standard InChI is InChI=1S/C13H19NO4S/c1-11(15)12-6-4-7-13(10-12)19(16,17)14(2)8-5-9-18-3/h4,6-7,10H,5,8-9H2,1-3H3. The summed E-state index contributed by atoms with van der Waals surface area (Å²) in [4.78, 5) is 11.4. The molecule has 1 aromatic rings. The Morgan fingerprint density at radius 1 is 1.37 bits per heavy atom. The number of nitrogens with zero attached hydrogens (tertiary/aromatic N) is 1. The molecule has 5 nitrogen and oxygen atoms in total. The van der Waals surface area contributed by atoms with E-state index in [1.165, 1.54) is 30.4 Å². The first-order valence-corrected chi connectivity index (χ1v) is 7.40. The van der Waals surface area contributed by atoms with Crippen LogP contribution in [0.25, 0.3) is 0 Å².